The highest BCUT2D eigenvalue weighted by Crippen LogP contribution is 2.47. The highest BCUT2D eigenvalue weighted by atomic mass is 79.9. The lowest BCUT2D eigenvalue weighted by molar-refractivity contribution is -0.139. The Morgan fingerprint density at radius 1 is 1.26 bits per heavy atom. The maximum absolute atomic E-state index is 13.3. The van der Waals surface area contributed by atoms with Gasteiger partial charge in [-0.3, -0.25) is 4.79 Å². The van der Waals surface area contributed by atoms with Crippen LogP contribution in [0, 0.1) is 5.41 Å². The molecular formula is C25H32BrNO4. The minimum Gasteiger partial charge on any atom is -0.496 e. The molecule has 1 atom stereocenters. The van der Waals surface area contributed by atoms with Crippen molar-refractivity contribution in [3.05, 3.63) is 50.8 Å². The number of unbranched alkanes of at least 4 members (excludes halogenated alkanes) is 2. The van der Waals surface area contributed by atoms with Gasteiger partial charge in [0.25, 0.3) is 0 Å². The Labute approximate surface area is 193 Å². The fraction of sp³-hybridized carbons (Fsp3) is 0.520. The Morgan fingerprint density at radius 3 is 2.65 bits per heavy atom. The number of Topliss-reactive ketones (excluding diaryl/α,β-unsaturated/α-hetero) is 1. The fourth-order valence-electron chi connectivity index (χ4n) is 4.50. The van der Waals surface area contributed by atoms with Gasteiger partial charge in [0.15, 0.2) is 5.78 Å². The number of benzene rings is 1. The Morgan fingerprint density at radius 2 is 2.00 bits per heavy atom. The zero-order valence-corrected chi connectivity index (χ0v) is 20.6. The predicted molar refractivity (Wildman–Crippen MR) is 125 cm³/mol. The molecule has 0 amide bonds. The Kier molecular flexibility index (Phi) is 7.30. The van der Waals surface area contributed by atoms with E-state index in [0.29, 0.717) is 29.9 Å². The van der Waals surface area contributed by atoms with Crippen LogP contribution in [0.3, 0.4) is 0 Å². The number of esters is 1. The molecule has 0 saturated heterocycles. The van der Waals surface area contributed by atoms with Gasteiger partial charge in [0.2, 0.25) is 0 Å². The number of methoxy groups -OCH3 is 1. The van der Waals surface area contributed by atoms with E-state index in [1.165, 1.54) is 0 Å². The van der Waals surface area contributed by atoms with E-state index in [4.69, 9.17) is 9.47 Å². The number of ketones is 1. The average molecular weight is 490 g/mol. The van der Waals surface area contributed by atoms with Crippen molar-refractivity contribution in [1.82, 2.24) is 5.32 Å². The molecule has 0 bridgehead atoms. The quantitative estimate of drug-likeness (QED) is 0.387. The van der Waals surface area contributed by atoms with Crippen molar-refractivity contribution in [2.45, 2.75) is 65.7 Å². The van der Waals surface area contributed by atoms with Gasteiger partial charge in [0.1, 0.15) is 5.75 Å². The van der Waals surface area contributed by atoms with Crippen LogP contribution in [-0.4, -0.2) is 25.5 Å². The van der Waals surface area contributed by atoms with Crippen molar-refractivity contribution in [3.63, 3.8) is 0 Å². The molecule has 1 unspecified atom stereocenters. The molecule has 6 heteroatoms. The lowest BCUT2D eigenvalue weighted by atomic mass is 9.68. The van der Waals surface area contributed by atoms with Crippen LogP contribution in [0.5, 0.6) is 5.75 Å². The van der Waals surface area contributed by atoms with Gasteiger partial charge < -0.3 is 14.8 Å². The highest BCUT2D eigenvalue weighted by Gasteiger charge is 2.43. The number of nitrogens with one attached hydrogen (secondary N) is 1. The molecule has 0 spiro atoms. The number of halogens is 1. The van der Waals surface area contributed by atoms with Gasteiger partial charge in [-0.1, -0.05) is 39.7 Å². The predicted octanol–water partition coefficient (Wildman–Crippen LogP) is 5.80. The molecule has 2 aliphatic rings. The molecule has 0 aromatic heterocycles. The van der Waals surface area contributed by atoms with Crippen molar-refractivity contribution in [2.24, 2.45) is 5.41 Å². The van der Waals surface area contributed by atoms with E-state index in [2.05, 4.69) is 42.0 Å². The number of ether oxygens (including phenoxy) is 2. The number of allylic oxidation sites excluding steroid dienone is 3. The number of carbonyl (C=O) groups is 2. The molecule has 0 saturated carbocycles. The molecule has 1 aromatic carbocycles. The molecule has 5 nitrogen and oxygen atoms in total. The van der Waals surface area contributed by atoms with Crippen LogP contribution >= 0.6 is 15.9 Å². The topological polar surface area (TPSA) is 64.6 Å². The zero-order chi connectivity index (χ0) is 22.8. The second-order valence-electron chi connectivity index (χ2n) is 9.17. The third kappa shape index (κ3) is 5.05. The summed E-state index contributed by atoms with van der Waals surface area (Å²) in [6, 6.07) is 5.72. The first-order valence-corrected chi connectivity index (χ1v) is 11.7. The third-order valence-corrected chi connectivity index (χ3v) is 6.57. The van der Waals surface area contributed by atoms with E-state index >= 15 is 0 Å². The Hall–Kier alpha value is -2.08. The molecular weight excluding hydrogens is 458 g/mol. The van der Waals surface area contributed by atoms with Gasteiger partial charge in [0.05, 0.1) is 23.8 Å². The van der Waals surface area contributed by atoms with Crippen molar-refractivity contribution in [3.8, 4) is 5.75 Å². The summed E-state index contributed by atoms with van der Waals surface area (Å²) in [7, 11) is 1.61. The standard InChI is InChI=1S/C25H32BrNO4/c1-6-7-8-11-31-24(29)21-15(2)27-18-13-25(3,4)14-19(28)23(18)22(21)16-9-10-20(30-5)17(26)12-16/h9-10,12,22,27H,6-8,11,13-14H2,1-5H3. The monoisotopic (exact) mass is 489 g/mol. The Balaban J connectivity index is 2.06. The summed E-state index contributed by atoms with van der Waals surface area (Å²) >= 11 is 3.55. The SMILES string of the molecule is CCCCCOC(=O)C1=C(C)NC2=C(C(=O)CC(C)(C)C2)C1c1ccc(OC)c(Br)c1. The first kappa shape index (κ1) is 23.6. The summed E-state index contributed by atoms with van der Waals surface area (Å²) in [6.45, 7) is 8.60. The summed E-state index contributed by atoms with van der Waals surface area (Å²) in [5, 5.41) is 3.37. The molecule has 1 aromatic rings. The fourth-order valence-corrected chi connectivity index (χ4v) is 5.06. The minimum atomic E-state index is -0.458. The molecule has 1 aliphatic carbocycles. The van der Waals surface area contributed by atoms with Crippen LogP contribution in [0.4, 0.5) is 0 Å². The number of hydrogen-bond acceptors (Lipinski definition) is 5. The zero-order valence-electron chi connectivity index (χ0n) is 19.1. The van der Waals surface area contributed by atoms with E-state index < -0.39 is 5.92 Å². The smallest absolute Gasteiger partial charge is 0.336 e. The molecule has 31 heavy (non-hydrogen) atoms. The third-order valence-electron chi connectivity index (χ3n) is 5.95. The Bertz CT molecular complexity index is 945. The van der Waals surface area contributed by atoms with Crippen molar-refractivity contribution < 1.29 is 19.1 Å². The van der Waals surface area contributed by atoms with Gasteiger partial charge in [-0.05, 0) is 58.8 Å². The molecule has 1 aliphatic heterocycles. The molecule has 168 valence electrons. The normalized spacial score (nSPS) is 20.3. The number of rotatable bonds is 7. The van der Waals surface area contributed by atoms with E-state index in [-0.39, 0.29) is 17.2 Å². The minimum absolute atomic E-state index is 0.0828. The van der Waals surface area contributed by atoms with Crippen molar-refractivity contribution in [1.29, 1.82) is 0 Å². The van der Waals surface area contributed by atoms with Crippen LogP contribution in [-0.2, 0) is 14.3 Å². The summed E-state index contributed by atoms with van der Waals surface area (Å²) in [4.78, 5) is 26.5. The number of hydrogen-bond donors (Lipinski definition) is 1. The summed E-state index contributed by atoms with van der Waals surface area (Å²) in [5.74, 6) is -0.0326. The van der Waals surface area contributed by atoms with Crippen LogP contribution < -0.4 is 10.1 Å². The lowest BCUT2D eigenvalue weighted by Gasteiger charge is -2.39. The maximum Gasteiger partial charge on any atom is 0.336 e. The van der Waals surface area contributed by atoms with Crippen molar-refractivity contribution in [2.75, 3.05) is 13.7 Å². The second kappa shape index (κ2) is 9.60. The van der Waals surface area contributed by atoms with E-state index in [0.717, 1.165) is 47.1 Å². The maximum atomic E-state index is 13.3. The summed E-state index contributed by atoms with van der Waals surface area (Å²) in [5.41, 5.74) is 3.62. The summed E-state index contributed by atoms with van der Waals surface area (Å²) < 4.78 is 11.8. The number of carbonyl (C=O) groups excluding carboxylic acids is 2. The molecule has 3 rings (SSSR count). The van der Waals surface area contributed by atoms with Gasteiger partial charge in [-0.2, -0.15) is 0 Å². The lowest BCUT2D eigenvalue weighted by Crippen LogP contribution is -2.38. The molecule has 1 N–H and O–H groups in total. The number of dihydropyridines is 1. The van der Waals surface area contributed by atoms with Gasteiger partial charge in [0, 0.05) is 29.3 Å². The highest BCUT2D eigenvalue weighted by molar-refractivity contribution is 9.10. The largest absolute Gasteiger partial charge is 0.496 e. The first-order valence-electron chi connectivity index (χ1n) is 10.9. The molecule has 1 heterocycles. The van der Waals surface area contributed by atoms with E-state index in [1.54, 1.807) is 7.11 Å². The summed E-state index contributed by atoms with van der Waals surface area (Å²) in [6.07, 6.45) is 4.13. The molecule has 0 fully saturated rings. The van der Waals surface area contributed by atoms with Crippen LogP contribution in [0.15, 0.2) is 45.2 Å². The van der Waals surface area contributed by atoms with E-state index in [1.807, 2.05) is 25.1 Å². The molecule has 0 radical (unpaired) electrons. The average Bonchev–Trinajstić information content (AvgIpc) is 2.69. The van der Waals surface area contributed by atoms with E-state index in [9.17, 15) is 9.59 Å². The van der Waals surface area contributed by atoms with Gasteiger partial charge in [-0.15, -0.1) is 0 Å². The van der Waals surface area contributed by atoms with Crippen LogP contribution in [0.2, 0.25) is 0 Å². The second-order valence-corrected chi connectivity index (χ2v) is 10.0. The van der Waals surface area contributed by atoms with Gasteiger partial charge >= 0.3 is 5.97 Å². The van der Waals surface area contributed by atoms with Crippen LogP contribution in [0.25, 0.3) is 0 Å². The van der Waals surface area contributed by atoms with Crippen LogP contribution in [0.1, 0.15) is 71.3 Å². The van der Waals surface area contributed by atoms with Gasteiger partial charge in [-0.25, -0.2) is 4.79 Å². The first-order chi connectivity index (χ1) is 14.7. The van der Waals surface area contributed by atoms with Crippen molar-refractivity contribution >= 4 is 27.7 Å².